The van der Waals surface area contributed by atoms with Gasteiger partial charge in [-0.15, -0.1) is 0 Å². The van der Waals surface area contributed by atoms with E-state index >= 15 is 0 Å². The molecule has 0 bridgehead atoms. The largest absolute Gasteiger partial charge is 0.355 e. The highest BCUT2D eigenvalue weighted by Crippen LogP contribution is 2.19. The number of carbonyl (C=O) groups is 2. The first kappa shape index (κ1) is 15.1. The van der Waals surface area contributed by atoms with Crippen molar-refractivity contribution in [1.29, 1.82) is 0 Å². The summed E-state index contributed by atoms with van der Waals surface area (Å²) in [6.07, 6.45) is 0.799. The van der Waals surface area contributed by atoms with Crippen LogP contribution in [0, 0.1) is 11.2 Å². The molecular weight excluding hydrogens is 247 g/mol. The summed E-state index contributed by atoms with van der Waals surface area (Å²) in [7, 11) is 0. The first-order chi connectivity index (χ1) is 8.87. The average Bonchev–Trinajstić information content (AvgIpc) is 2.35. The normalized spacial score (nSPS) is 10.9. The van der Waals surface area contributed by atoms with Gasteiger partial charge in [-0.2, -0.15) is 0 Å². The minimum absolute atomic E-state index is 0.335. The van der Waals surface area contributed by atoms with Gasteiger partial charge in [0.1, 0.15) is 11.2 Å². The molecule has 0 radical (unpaired) electrons. The molecule has 5 heteroatoms. The molecule has 0 fully saturated rings. The van der Waals surface area contributed by atoms with E-state index in [2.05, 4.69) is 10.6 Å². The Bertz CT molecular complexity index is 472. The third-order valence-electron chi connectivity index (χ3n) is 2.75. The lowest BCUT2D eigenvalue weighted by Crippen LogP contribution is -2.45. The number of amides is 2. The Morgan fingerprint density at radius 3 is 2.53 bits per heavy atom. The van der Waals surface area contributed by atoms with Crippen LogP contribution in [-0.4, -0.2) is 18.4 Å². The Labute approximate surface area is 112 Å². The second-order valence-corrected chi connectivity index (χ2v) is 4.85. The number of hydrogen-bond donors (Lipinski definition) is 2. The van der Waals surface area contributed by atoms with E-state index in [-0.39, 0.29) is 5.91 Å². The Kier molecular flexibility index (Phi) is 5.03. The Hall–Kier alpha value is -1.91. The molecule has 1 aromatic rings. The Morgan fingerprint density at radius 2 is 1.95 bits per heavy atom. The number of hydrogen-bond acceptors (Lipinski definition) is 2. The molecular formula is C14H19FN2O2. The summed E-state index contributed by atoms with van der Waals surface area (Å²) in [4.78, 5) is 23.9. The average molecular weight is 266 g/mol. The van der Waals surface area contributed by atoms with Crippen molar-refractivity contribution in [2.24, 2.45) is 5.41 Å². The number of rotatable bonds is 5. The molecule has 0 atom stereocenters. The molecule has 19 heavy (non-hydrogen) atoms. The molecule has 4 nitrogen and oxygen atoms in total. The molecule has 2 amide bonds. The van der Waals surface area contributed by atoms with Crippen LogP contribution in [0.25, 0.3) is 0 Å². The van der Waals surface area contributed by atoms with E-state index in [1.54, 1.807) is 6.07 Å². The van der Waals surface area contributed by atoms with Crippen LogP contribution in [0.15, 0.2) is 24.3 Å². The smallest absolute Gasteiger partial charge is 0.239 e. The highest BCUT2D eigenvalue weighted by Gasteiger charge is 2.35. The van der Waals surface area contributed by atoms with Crippen LogP contribution in [-0.2, 0) is 9.59 Å². The van der Waals surface area contributed by atoms with E-state index in [1.165, 1.54) is 32.0 Å². The molecule has 2 N–H and O–H groups in total. The fourth-order valence-electron chi connectivity index (χ4n) is 1.42. The molecule has 0 spiro atoms. The fraction of sp³-hybridized carbons (Fsp3) is 0.429. The van der Waals surface area contributed by atoms with Gasteiger partial charge in [-0.05, 0) is 38.5 Å². The summed E-state index contributed by atoms with van der Waals surface area (Å²) < 4.78 is 13.0. The zero-order valence-electron chi connectivity index (χ0n) is 11.4. The quantitative estimate of drug-likeness (QED) is 0.803. The molecule has 0 saturated heterocycles. The summed E-state index contributed by atoms with van der Waals surface area (Å²) in [5.74, 6) is -1.25. The van der Waals surface area contributed by atoms with E-state index < -0.39 is 17.1 Å². The van der Waals surface area contributed by atoms with Crippen molar-refractivity contribution in [3.05, 3.63) is 30.1 Å². The van der Waals surface area contributed by atoms with Crippen LogP contribution in [0.4, 0.5) is 10.1 Å². The van der Waals surface area contributed by atoms with Gasteiger partial charge in [0.05, 0.1) is 0 Å². The number of carbonyl (C=O) groups excluding carboxylic acids is 2. The SMILES string of the molecule is CCCNC(=O)C(C)(C)C(=O)Nc1cccc(F)c1. The lowest BCUT2D eigenvalue weighted by atomic mass is 9.91. The minimum atomic E-state index is -1.21. The predicted octanol–water partition coefficient (Wildman–Crippen LogP) is 2.32. The number of anilines is 1. The van der Waals surface area contributed by atoms with Crippen LogP contribution >= 0.6 is 0 Å². The Balaban J connectivity index is 2.73. The summed E-state index contributed by atoms with van der Waals surface area (Å²) in [5, 5.41) is 5.22. The summed E-state index contributed by atoms with van der Waals surface area (Å²) in [6, 6.07) is 5.56. The molecule has 0 saturated carbocycles. The molecule has 0 unspecified atom stereocenters. The molecule has 104 valence electrons. The van der Waals surface area contributed by atoms with Crippen molar-refractivity contribution < 1.29 is 14.0 Å². The maximum atomic E-state index is 13.0. The van der Waals surface area contributed by atoms with Crippen LogP contribution in [0.5, 0.6) is 0 Å². The second kappa shape index (κ2) is 6.31. The van der Waals surface area contributed by atoms with Crippen LogP contribution in [0.3, 0.4) is 0 Å². The number of halogens is 1. The lowest BCUT2D eigenvalue weighted by molar-refractivity contribution is -0.138. The zero-order valence-corrected chi connectivity index (χ0v) is 11.4. The topological polar surface area (TPSA) is 58.2 Å². The second-order valence-electron chi connectivity index (χ2n) is 4.85. The molecule has 1 aromatic carbocycles. The van der Waals surface area contributed by atoms with Crippen LogP contribution in [0.1, 0.15) is 27.2 Å². The van der Waals surface area contributed by atoms with Gasteiger partial charge in [0, 0.05) is 12.2 Å². The summed E-state index contributed by atoms with van der Waals surface area (Å²) in [6.45, 7) is 5.52. The van der Waals surface area contributed by atoms with Crippen molar-refractivity contribution in [2.75, 3.05) is 11.9 Å². The fourth-order valence-corrected chi connectivity index (χ4v) is 1.42. The highest BCUT2D eigenvalue weighted by molar-refractivity contribution is 6.09. The molecule has 0 aliphatic rings. The van der Waals surface area contributed by atoms with Gasteiger partial charge in [-0.1, -0.05) is 13.0 Å². The summed E-state index contributed by atoms with van der Waals surface area (Å²) >= 11 is 0. The minimum Gasteiger partial charge on any atom is -0.355 e. The predicted molar refractivity (Wildman–Crippen MR) is 72.1 cm³/mol. The first-order valence-electron chi connectivity index (χ1n) is 6.23. The van der Waals surface area contributed by atoms with E-state index in [4.69, 9.17) is 0 Å². The van der Waals surface area contributed by atoms with Gasteiger partial charge < -0.3 is 10.6 Å². The van der Waals surface area contributed by atoms with Crippen molar-refractivity contribution in [2.45, 2.75) is 27.2 Å². The van der Waals surface area contributed by atoms with E-state index in [9.17, 15) is 14.0 Å². The van der Waals surface area contributed by atoms with Crippen LogP contribution in [0.2, 0.25) is 0 Å². The lowest BCUT2D eigenvalue weighted by Gasteiger charge is -2.22. The maximum Gasteiger partial charge on any atom is 0.239 e. The Morgan fingerprint density at radius 1 is 1.26 bits per heavy atom. The van der Waals surface area contributed by atoms with Crippen molar-refractivity contribution >= 4 is 17.5 Å². The standard InChI is InChI=1S/C14H19FN2O2/c1-4-8-16-12(18)14(2,3)13(19)17-11-7-5-6-10(15)9-11/h5-7,9H,4,8H2,1-3H3,(H,16,18)(H,17,19). The van der Waals surface area contributed by atoms with Gasteiger partial charge in [0.25, 0.3) is 0 Å². The molecule has 1 rings (SSSR count). The molecule has 0 aliphatic carbocycles. The molecule has 0 aliphatic heterocycles. The number of nitrogens with one attached hydrogen (secondary N) is 2. The zero-order chi connectivity index (χ0) is 14.5. The van der Waals surface area contributed by atoms with Gasteiger partial charge in [-0.25, -0.2) is 4.39 Å². The number of benzene rings is 1. The maximum absolute atomic E-state index is 13.0. The van der Waals surface area contributed by atoms with Gasteiger partial charge in [-0.3, -0.25) is 9.59 Å². The monoisotopic (exact) mass is 266 g/mol. The van der Waals surface area contributed by atoms with Gasteiger partial charge in [0.15, 0.2) is 0 Å². The third-order valence-corrected chi connectivity index (χ3v) is 2.75. The van der Waals surface area contributed by atoms with Gasteiger partial charge in [0.2, 0.25) is 11.8 Å². The van der Waals surface area contributed by atoms with Crippen LogP contribution < -0.4 is 10.6 Å². The van der Waals surface area contributed by atoms with Crippen molar-refractivity contribution in [3.8, 4) is 0 Å². The van der Waals surface area contributed by atoms with E-state index in [0.29, 0.717) is 12.2 Å². The van der Waals surface area contributed by atoms with Gasteiger partial charge >= 0.3 is 0 Å². The first-order valence-corrected chi connectivity index (χ1v) is 6.23. The van der Waals surface area contributed by atoms with Crippen molar-refractivity contribution in [3.63, 3.8) is 0 Å². The van der Waals surface area contributed by atoms with E-state index in [0.717, 1.165) is 6.42 Å². The summed E-state index contributed by atoms with van der Waals surface area (Å²) in [5.41, 5.74) is -0.872. The molecule has 0 heterocycles. The van der Waals surface area contributed by atoms with Crippen molar-refractivity contribution in [1.82, 2.24) is 5.32 Å². The molecule has 0 aromatic heterocycles. The van der Waals surface area contributed by atoms with E-state index in [1.807, 2.05) is 6.92 Å². The highest BCUT2D eigenvalue weighted by atomic mass is 19.1. The third kappa shape index (κ3) is 4.05.